The van der Waals surface area contributed by atoms with Gasteiger partial charge < -0.3 is 14.2 Å². The highest BCUT2D eigenvalue weighted by atomic mass is 35.5. The quantitative estimate of drug-likeness (QED) is 0.318. The molecule has 0 aromatic heterocycles. The van der Waals surface area contributed by atoms with Crippen LogP contribution in [0.25, 0.3) is 6.08 Å². The van der Waals surface area contributed by atoms with E-state index in [4.69, 9.17) is 25.8 Å². The molecule has 2 amide bonds. The second kappa shape index (κ2) is 11.3. The first-order valence-corrected chi connectivity index (χ1v) is 11.8. The number of nitrogens with zero attached hydrogens (tertiary/aromatic N) is 1. The van der Waals surface area contributed by atoms with Crippen LogP contribution < -0.4 is 14.2 Å². The van der Waals surface area contributed by atoms with Crippen molar-refractivity contribution < 1.29 is 28.2 Å². The lowest BCUT2D eigenvalue weighted by molar-refractivity contribution is -0.123. The maximum atomic E-state index is 14.1. The molecule has 1 heterocycles. The maximum absolute atomic E-state index is 14.1. The zero-order valence-electron chi connectivity index (χ0n) is 18.7. The SMILES string of the molecule is COc1ccccc1OCCN1C(=O)S/C(=C\c2ccccc2OCc2c(F)cccc2Cl)C1=O. The largest absolute Gasteiger partial charge is 0.493 e. The number of ether oxygens (including phenoxy) is 3. The van der Waals surface area contributed by atoms with E-state index in [1.165, 1.54) is 19.2 Å². The van der Waals surface area contributed by atoms with Crippen molar-refractivity contribution in [2.75, 3.05) is 20.3 Å². The minimum Gasteiger partial charge on any atom is -0.493 e. The molecule has 9 heteroatoms. The van der Waals surface area contributed by atoms with Gasteiger partial charge in [0.15, 0.2) is 11.5 Å². The summed E-state index contributed by atoms with van der Waals surface area (Å²) in [6, 6.07) is 18.5. The van der Waals surface area contributed by atoms with E-state index in [-0.39, 0.29) is 40.5 Å². The van der Waals surface area contributed by atoms with Crippen molar-refractivity contribution in [3.63, 3.8) is 0 Å². The van der Waals surface area contributed by atoms with E-state index in [0.717, 1.165) is 16.7 Å². The number of thioether (sulfide) groups is 1. The number of halogens is 2. The summed E-state index contributed by atoms with van der Waals surface area (Å²) in [6.07, 6.45) is 1.59. The van der Waals surface area contributed by atoms with Gasteiger partial charge in [0.1, 0.15) is 24.8 Å². The molecular formula is C26H21ClFNO5S. The van der Waals surface area contributed by atoms with Crippen LogP contribution in [0.3, 0.4) is 0 Å². The molecule has 1 aliphatic rings. The van der Waals surface area contributed by atoms with Gasteiger partial charge in [0.25, 0.3) is 11.1 Å². The lowest BCUT2D eigenvalue weighted by Crippen LogP contribution is -2.32. The Morgan fingerprint density at radius 2 is 1.66 bits per heavy atom. The number of hydrogen-bond donors (Lipinski definition) is 0. The summed E-state index contributed by atoms with van der Waals surface area (Å²) in [4.78, 5) is 26.8. The molecule has 4 rings (SSSR count). The predicted molar refractivity (Wildman–Crippen MR) is 133 cm³/mol. The number of carbonyl (C=O) groups excluding carboxylic acids is 2. The van der Waals surface area contributed by atoms with Crippen molar-refractivity contribution in [2.24, 2.45) is 0 Å². The molecule has 6 nitrogen and oxygen atoms in total. The molecule has 3 aromatic rings. The molecular weight excluding hydrogens is 493 g/mol. The third kappa shape index (κ3) is 5.78. The van der Waals surface area contributed by atoms with Crippen LogP contribution in [-0.4, -0.2) is 36.3 Å². The van der Waals surface area contributed by atoms with Crippen LogP contribution in [0.15, 0.2) is 71.6 Å². The van der Waals surface area contributed by atoms with Gasteiger partial charge >= 0.3 is 0 Å². The van der Waals surface area contributed by atoms with Crippen LogP contribution in [0.2, 0.25) is 5.02 Å². The first-order valence-electron chi connectivity index (χ1n) is 10.6. The average molecular weight is 514 g/mol. The minimum absolute atomic E-state index is 0.0852. The van der Waals surface area contributed by atoms with Gasteiger partial charge in [-0.1, -0.05) is 48.0 Å². The summed E-state index contributed by atoms with van der Waals surface area (Å²) < 4.78 is 30.8. The first kappa shape index (κ1) is 24.6. The molecule has 35 heavy (non-hydrogen) atoms. The number of imide groups is 1. The molecule has 0 spiro atoms. The Bertz CT molecular complexity index is 1260. The minimum atomic E-state index is -0.466. The number of methoxy groups -OCH3 is 1. The summed E-state index contributed by atoms with van der Waals surface area (Å²) in [6.45, 7) is 0.122. The zero-order chi connectivity index (χ0) is 24.8. The Balaban J connectivity index is 1.44. The fourth-order valence-electron chi connectivity index (χ4n) is 3.37. The van der Waals surface area contributed by atoms with Gasteiger partial charge in [-0.05, 0) is 48.2 Å². The molecule has 0 N–H and O–H groups in total. The molecule has 0 atom stereocenters. The molecule has 180 valence electrons. The normalized spacial score (nSPS) is 14.5. The van der Waals surface area contributed by atoms with Gasteiger partial charge in [0.2, 0.25) is 0 Å². The fourth-order valence-corrected chi connectivity index (χ4v) is 4.44. The number of hydrogen-bond acceptors (Lipinski definition) is 6. The highest BCUT2D eigenvalue weighted by Gasteiger charge is 2.35. The van der Waals surface area contributed by atoms with E-state index >= 15 is 0 Å². The number of benzene rings is 3. The standard InChI is InChI=1S/C26H21ClFNO5S/c1-32-22-11-4-5-12-23(22)33-14-13-29-25(30)24(35-26(29)31)15-17-7-2-3-10-21(17)34-16-18-19(27)8-6-9-20(18)28/h2-12,15H,13-14,16H2,1H3/b24-15-. The van der Waals surface area contributed by atoms with Crippen LogP contribution >= 0.6 is 23.4 Å². The summed E-state index contributed by atoms with van der Waals surface area (Å²) in [5, 5.41) is -0.125. The molecule has 1 saturated heterocycles. The topological polar surface area (TPSA) is 65.1 Å². The van der Waals surface area contributed by atoms with Crippen LogP contribution in [0.4, 0.5) is 9.18 Å². The molecule has 1 aliphatic heterocycles. The lowest BCUT2D eigenvalue weighted by atomic mass is 10.1. The predicted octanol–water partition coefficient (Wildman–Crippen LogP) is 6.18. The van der Waals surface area contributed by atoms with E-state index in [1.54, 1.807) is 54.6 Å². The van der Waals surface area contributed by atoms with Gasteiger partial charge in [-0.15, -0.1) is 0 Å². The fraction of sp³-hybridized carbons (Fsp3) is 0.154. The summed E-state index contributed by atoms with van der Waals surface area (Å²) in [5.41, 5.74) is 0.815. The number of rotatable bonds is 9. The van der Waals surface area contributed by atoms with Crippen molar-refractivity contribution in [3.05, 3.63) is 93.6 Å². The lowest BCUT2D eigenvalue weighted by Gasteiger charge is -2.14. The van der Waals surface area contributed by atoms with Crippen molar-refractivity contribution in [2.45, 2.75) is 6.61 Å². The third-order valence-corrected chi connectivity index (χ3v) is 6.42. The second-order valence-corrected chi connectivity index (χ2v) is 8.76. The summed E-state index contributed by atoms with van der Waals surface area (Å²) in [5.74, 6) is 0.633. The van der Waals surface area contributed by atoms with Crippen molar-refractivity contribution >= 4 is 40.6 Å². The summed E-state index contributed by atoms with van der Waals surface area (Å²) in [7, 11) is 1.54. The first-order chi connectivity index (χ1) is 17.0. The second-order valence-electron chi connectivity index (χ2n) is 7.36. The average Bonchev–Trinajstić information content (AvgIpc) is 3.12. The monoisotopic (exact) mass is 513 g/mol. The highest BCUT2D eigenvalue weighted by Crippen LogP contribution is 2.34. The number of para-hydroxylation sites is 3. The molecule has 0 saturated carbocycles. The van der Waals surface area contributed by atoms with Crippen LogP contribution in [0.5, 0.6) is 17.2 Å². The van der Waals surface area contributed by atoms with E-state index < -0.39 is 11.7 Å². The van der Waals surface area contributed by atoms with Crippen molar-refractivity contribution in [3.8, 4) is 17.2 Å². The Morgan fingerprint density at radius 1 is 0.943 bits per heavy atom. The third-order valence-electron chi connectivity index (χ3n) is 5.15. The van der Waals surface area contributed by atoms with Crippen LogP contribution in [0, 0.1) is 5.82 Å². The number of carbonyl (C=O) groups is 2. The Labute approximate surface area is 211 Å². The summed E-state index contributed by atoms with van der Waals surface area (Å²) >= 11 is 6.92. The smallest absolute Gasteiger partial charge is 0.293 e. The van der Waals surface area contributed by atoms with E-state index in [0.29, 0.717) is 22.8 Å². The van der Waals surface area contributed by atoms with E-state index in [9.17, 15) is 14.0 Å². The highest BCUT2D eigenvalue weighted by molar-refractivity contribution is 8.18. The van der Waals surface area contributed by atoms with E-state index in [2.05, 4.69) is 0 Å². The van der Waals surface area contributed by atoms with E-state index in [1.807, 2.05) is 6.07 Å². The number of amides is 2. The van der Waals surface area contributed by atoms with Crippen LogP contribution in [0.1, 0.15) is 11.1 Å². The Kier molecular flexibility index (Phi) is 7.94. The van der Waals surface area contributed by atoms with Crippen molar-refractivity contribution in [1.29, 1.82) is 0 Å². The molecule has 1 fully saturated rings. The molecule has 0 bridgehead atoms. The molecule has 0 aliphatic carbocycles. The Hall–Kier alpha value is -3.49. The molecule has 0 radical (unpaired) electrons. The zero-order valence-corrected chi connectivity index (χ0v) is 20.3. The van der Waals surface area contributed by atoms with Gasteiger partial charge in [-0.25, -0.2) is 4.39 Å². The molecule has 3 aromatic carbocycles. The van der Waals surface area contributed by atoms with Crippen LogP contribution in [-0.2, 0) is 11.4 Å². The van der Waals surface area contributed by atoms with Gasteiger partial charge in [-0.2, -0.15) is 0 Å². The van der Waals surface area contributed by atoms with Gasteiger partial charge in [0, 0.05) is 11.1 Å². The Morgan fingerprint density at radius 3 is 2.40 bits per heavy atom. The van der Waals surface area contributed by atoms with Gasteiger partial charge in [-0.3, -0.25) is 14.5 Å². The van der Waals surface area contributed by atoms with Gasteiger partial charge in [0.05, 0.1) is 23.6 Å². The maximum Gasteiger partial charge on any atom is 0.293 e. The molecule has 0 unspecified atom stereocenters. The van der Waals surface area contributed by atoms with Crippen molar-refractivity contribution in [1.82, 2.24) is 4.90 Å².